The third kappa shape index (κ3) is 14.4. The first-order valence-electron chi connectivity index (χ1n) is 19.8. The number of aromatic nitrogens is 1. The van der Waals surface area contributed by atoms with Gasteiger partial charge in [-0.25, -0.2) is 4.79 Å². The second-order valence-corrected chi connectivity index (χ2v) is 14.6. The lowest BCUT2D eigenvalue weighted by Gasteiger charge is -2.26. The van der Waals surface area contributed by atoms with E-state index < -0.39 is 71.9 Å². The van der Waals surface area contributed by atoms with Crippen molar-refractivity contribution in [3.63, 3.8) is 0 Å². The number of halogens is 3. The van der Waals surface area contributed by atoms with Crippen molar-refractivity contribution >= 4 is 57.2 Å². The number of carboxylic acids is 1. The molecule has 0 radical (unpaired) electrons. The molecule has 0 saturated carbocycles. The van der Waals surface area contributed by atoms with Gasteiger partial charge in [-0.2, -0.15) is 13.2 Å². The van der Waals surface area contributed by atoms with Crippen LogP contribution in [-0.2, 0) is 48.0 Å². The van der Waals surface area contributed by atoms with Crippen LogP contribution in [0.25, 0.3) is 21.7 Å². The Hall–Kier alpha value is -6.79. The molecule has 18 heteroatoms. The van der Waals surface area contributed by atoms with E-state index in [0.29, 0.717) is 25.8 Å². The molecule has 62 heavy (non-hydrogen) atoms. The summed E-state index contributed by atoms with van der Waals surface area (Å²) in [4.78, 5) is 79.2. The van der Waals surface area contributed by atoms with E-state index in [1.165, 1.54) is 6.92 Å². The number of alkyl halides is 3. The minimum atomic E-state index is -5.08. The van der Waals surface area contributed by atoms with Crippen LogP contribution in [0.2, 0.25) is 0 Å². The quantitative estimate of drug-likeness (QED) is 0.0552. The van der Waals surface area contributed by atoms with Crippen molar-refractivity contribution in [2.75, 3.05) is 6.54 Å². The van der Waals surface area contributed by atoms with Gasteiger partial charge in [0.2, 0.25) is 29.5 Å². The van der Waals surface area contributed by atoms with E-state index in [1.807, 2.05) is 97.1 Å². The molecular formula is C44H51F3N8O7. The topological polar surface area (TPSA) is 265 Å². The average molecular weight is 861 g/mol. The van der Waals surface area contributed by atoms with Gasteiger partial charge in [-0.15, -0.1) is 0 Å². The van der Waals surface area contributed by atoms with E-state index in [2.05, 4.69) is 26.3 Å². The van der Waals surface area contributed by atoms with Crippen LogP contribution in [-0.4, -0.2) is 88.5 Å². The molecule has 0 aliphatic carbocycles. The van der Waals surface area contributed by atoms with Gasteiger partial charge in [-0.1, -0.05) is 91.0 Å². The molecule has 1 heterocycles. The Morgan fingerprint density at radius 2 is 1.26 bits per heavy atom. The zero-order valence-electron chi connectivity index (χ0n) is 33.9. The number of hydrogen-bond acceptors (Lipinski definition) is 8. The van der Waals surface area contributed by atoms with Gasteiger partial charge in [0.25, 0.3) is 0 Å². The van der Waals surface area contributed by atoms with Gasteiger partial charge in [-0.3, -0.25) is 24.0 Å². The number of aromatic amines is 1. The van der Waals surface area contributed by atoms with Gasteiger partial charge in [0.1, 0.15) is 24.2 Å². The van der Waals surface area contributed by atoms with Crippen LogP contribution >= 0.6 is 0 Å². The maximum atomic E-state index is 14.2. The lowest BCUT2D eigenvalue weighted by Crippen LogP contribution is -2.59. The Bertz CT molecular complexity index is 2320. The number of carbonyl (C=O) groups is 6. The number of para-hydroxylation sites is 1. The molecule has 0 aliphatic rings. The number of benzene rings is 4. The third-order valence-corrected chi connectivity index (χ3v) is 9.86. The minimum Gasteiger partial charge on any atom is -0.475 e. The Kier molecular flexibility index (Phi) is 17.5. The summed E-state index contributed by atoms with van der Waals surface area (Å²) >= 11 is 0. The van der Waals surface area contributed by atoms with Crippen molar-refractivity contribution in [3.8, 4) is 0 Å². The van der Waals surface area contributed by atoms with E-state index in [4.69, 9.17) is 27.1 Å². The number of rotatable bonds is 19. The summed E-state index contributed by atoms with van der Waals surface area (Å²) in [7, 11) is 0. The van der Waals surface area contributed by atoms with E-state index in [0.717, 1.165) is 38.4 Å². The summed E-state index contributed by atoms with van der Waals surface area (Å²) in [6.45, 7) is 1.94. The maximum absolute atomic E-state index is 14.2. The van der Waals surface area contributed by atoms with E-state index >= 15 is 0 Å². The highest BCUT2D eigenvalue weighted by Crippen LogP contribution is 2.20. The molecule has 0 fully saturated rings. The lowest BCUT2D eigenvalue weighted by molar-refractivity contribution is -0.192. The number of unbranched alkanes of at least 4 members (excludes halogenated alkanes) is 1. The van der Waals surface area contributed by atoms with Crippen molar-refractivity contribution in [2.45, 2.75) is 81.8 Å². The molecule has 4 aromatic carbocycles. The average Bonchev–Trinajstić information content (AvgIpc) is 3.65. The molecule has 0 unspecified atom stereocenters. The van der Waals surface area contributed by atoms with E-state index in [1.54, 1.807) is 6.20 Å². The number of nitrogens with one attached hydrogen (secondary N) is 5. The predicted molar refractivity (Wildman–Crippen MR) is 227 cm³/mol. The van der Waals surface area contributed by atoms with Crippen LogP contribution in [0.4, 0.5) is 13.2 Å². The fraction of sp³-hybridized carbons (Fsp3) is 0.318. The number of carboxylic acid groups (broad SMARTS) is 1. The second kappa shape index (κ2) is 22.7. The van der Waals surface area contributed by atoms with Gasteiger partial charge in [0.05, 0.1) is 6.04 Å². The molecule has 5 aromatic rings. The highest BCUT2D eigenvalue weighted by atomic mass is 19.4. The molecule has 5 rings (SSSR count). The summed E-state index contributed by atoms with van der Waals surface area (Å²) in [5, 5.41) is 21.1. The Morgan fingerprint density at radius 3 is 1.90 bits per heavy atom. The molecule has 0 bridgehead atoms. The smallest absolute Gasteiger partial charge is 0.475 e. The summed E-state index contributed by atoms with van der Waals surface area (Å²) in [5.41, 5.74) is 20.8. The molecule has 0 spiro atoms. The monoisotopic (exact) mass is 860 g/mol. The standard InChI is InChI=1S/C42H50N8O5.C2HF3O2/c1-26(47-40(53)33(44)22-28-18-19-29-13-5-6-14-30(29)21-28)39(52)49-37(24-31-25-46-34-16-8-7-15-32(31)34)42(55)50-36(23-27-11-3-2-4-12-27)41(54)48-35(38(45)51)17-9-10-20-43;3-2(4,5)1(6)7/h2-8,11-16,18-19,21,25-26,33,35-37,46H,9-10,17,20,22-24,43-44H2,1H3,(H2,45,51)(H,47,53)(H,48,54)(H,49,52)(H,50,55);(H,6,7)/t26-,33+,35-,36+,37-;/m0./s1. The van der Waals surface area contributed by atoms with Gasteiger partial charge in [0.15, 0.2) is 0 Å². The first-order valence-corrected chi connectivity index (χ1v) is 19.8. The molecule has 12 N–H and O–H groups in total. The van der Waals surface area contributed by atoms with Crippen LogP contribution in [0.3, 0.4) is 0 Å². The zero-order valence-corrected chi connectivity index (χ0v) is 33.9. The highest BCUT2D eigenvalue weighted by Gasteiger charge is 2.38. The second-order valence-electron chi connectivity index (χ2n) is 14.6. The Balaban J connectivity index is 0.00000111. The number of aliphatic carboxylic acids is 1. The number of H-pyrrole nitrogens is 1. The first-order chi connectivity index (χ1) is 29.5. The summed E-state index contributed by atoms with van der Waals surface area (Å²) in [5.74, 6) is -5.85. The van der Waals surface area contributed by atoms with Gasteiger partial charge in [0, 0.05) is 29.9 Å². The molecule has 5 atom stereocenters. The van der Waals surface area contributed by atoms with Gasteiger partial charge < -0.3 is 48.6 Å². The number of nitrogens with two attached hydrogens (primary N) is 3. The van der Waals surface area contributed by atoms with Crippen LogP contribution < -0.4 is 38.5 Å². The molecule has 1 aromatic heterocycles. The fourth-order valence-corrected chi connectivity index (χ4v) is 6.51. The minimum absolute atomic E-state index is 0.0619. The highest BCUT2D eigenvalue weighted by molar-refractivity contribution is 5.96. The van der Waals surface area contributed by atoms with Crippen LogP contribution in [0, 0.1) is 0 Å². The summed E-state index contributed by atoms with van der Waals surface area (Å²) < 4.78 is 31.7. The maximum Gasteiger partial charge on any atom is 0.490 e. The van der Waals surface area contributed by atoms with Crippen LogP contribution in [0.1, 0.15) is 42.9 Å². The molecule has 5 amide bonds. The normalized spacial score (nSPS) is 13.6. The molecular weight excluding hydrogens is 810 g/mol. The van der Waals surface area contributed by atoms with Crippen molar-refractivity contribution in [1.82, 2.24) is 26.3 Å². The van der Waals surface area contributed by atoms with Gasteiger partial charge >= 0.3 is 12.1 Å². The number of hydrogen-bond donors (Lipinski definition) is 9. The van der Waals surface area contributed by atoms with Crippen molar-refractivity contribution < 1.29 is 47.0 Å². The van der Waals surface area contributed by atoms with Crippen molar-refractivity contribution in [2.24, 2.45) is 17.2 Å². The summed E-state index contributed by atoms with van der Waals surface area (Å²) in [6, 6.07) is 25.2. The van der Waals surface area contributed by atoms with E-state index in [9.17, 15) is 37.1 Å². The largest absolute Gasteiger partial charge is 0.490 e. The number of primary amides is 1. The van der Waals surface area contributed by atoms with E-state index in [-0.39, 0.29) is 19.3 Å². The number of carbonyl (C=O) groups excluding carboxylic acids is 5. The molecule has 330 valence electrons. The Morgan fingerprint density at radius 1 is 0.677 bits per heavy atom. The first kappa shape index (κ1) is 47.9. The third-order valence-electron chi connectivity index (χ3n) is 9.86. The molecule has 0 aliphatic heterocycles. The Labute approximate surface area is 355 Å². The predicted octanol–water partition coefficient (Wildman–Crippen LogP) is 2.88. The lowest BCUT2D eigenvalue weighted by atomic mass is 10.0. The van der Waals surface area contributed by atoms with Crippen LogP contribution in [0.5, 0.6) is 0 Å². The zero-order chi connectivity index (χ0) is 45.4. The van der Waals surface area contributed by atoms with Gasteiger partial charge in [-0.05, 0) is 72.7 Å². The number of fused-ring (bicyclic) bond motifs is 2. The fourth-order valence-electron chi connectivity index (χ4n) is 6.51. The molecule has 15 nitrogen and oxygen atoms in total. The number of amides is 5. The summed E-state index contributed by atoms with van der Waals surface area (Å²) in [6.07, 6.45) is -1.39. The molecule has 0 saturated heterocycles. The van der Waals surface area contributed by atoms with Crippen molar-refractivity contribution in [3.05, 3.63) is 120 Å². The van der Waals surface area contributed by atoms with Crippen molar-refractivity contribution in [1.29, 1.82) is 0 Å². The SMILES string of the molecule is C[C@H](NC(=O)[C@H](N)Cc1ccc2ccccc2c1)C(=O)N[C@@H](Cc1c[nH]c2ccccc12)C(=O)N[C@H](Cc1ccccc1)C(=O)N[C@@H](CCCCN)C(N)=O.O=C(O)C(F)(F)F. The van der Waals surface area contributed by atoms with Crippen LogP contribution in [0.15, 0.2) is 103 Å².